The third kappa shape index (κ3) is 4.43. The maximum absolute atomic E-state index is 13.1. The number of methoxy groups -OCH3 is 1. The molecule has 0 heterocycles. The van der Waals surface area contributed by atoms with Gasteiger partial charge in [-0.05, 0) is 25.1 Å². The first kappa shape index (κ1) is 14.6. The van der Waals surface area contributed by atoms with Crippen LogP contribution in [0.2, 0.25) is 0 Å². The number of rotatable bonds is 7. The molecule has 4 nitrogen and oxygen atoms in total. The molecule has 0 saturated heterocycles. The van der Waals surface area contributed by atoms with E-state index in [1.807, 2.05) is 6.92 Å². The number of carbonyl (C=O) groups excluding carboxylic acids is 1. The van der Waals surface area contributed by atoms with Crippen LogP contribution in [-0.4, -0.2) is 39.3 Å². The summed E-state index contributed by atoms with van der Waals surface area (Å²) in [6, 6.07) is 6.04. The molecule has 0 spiro atoms. The predicted molar refractivity (Wildman–Crippen MR) is 69.2 cm³/mol. The average molecular weight is 254 g/mol. The van der Waals surface area contributed by atoms with Crippen molar-refractivity contribution < 1.29 is 13.9 Å². The molecule has 100 valence electrons. The summed E-state index contributed by atoms with van der Waals surface area (Å²) in [5, 5.41) is 2.98. The Morgan fingerprint density at radius 3 is 2.89 bits per heavy atom. The maximum Gasteiger partial charge on any atom is 0.240 e. The van der Waals surface area contributed by atoms with Gasteiger partial charge in [-0.3, -0.25) is 4.79 Å². The molecule has 1 N–H and O–H groups in total. The first-order valence-electron chi connectivity index (χ1n) is 5.94. The van der Waals surface area contributed by atoms with Gasteiger partial charge in [0.05, 0.1) is 13.2 Å². The maximum atomic E-state index is 13.1. The lowest BCUT2D eigenvalue weighted by molar-refractivity contribution is -0.117. The van der Waals surface area contributed by atoms with Gasteiger partial charge in [0, 0.05) is 25.9 Å². The molecule has 5 heteroatoms. The minimum absolute atomic E-state index is 0.0841. The van der Waals surface area contributed by atoms with Crippen LogP contribution in [-0.2, 0) is 9.53 Å². The first-order valence-corrected chi connectivity index (χ1v) is 5.94. The molecule has 0 unspecified atom stereocenters. The molecule has 1 aromatic rings. The highest BCUT2D eigenvalue weighted by molar-refractivity contribution is 5.94. The van der Waals surface area contributed by atoms with E-state index in [9.17, 15) is 9.18 Å². The van der Waals surface area contributed by atoms with Crippen molar-refractivity contribution in [3.05, 3.63) is 30.1 Å². The minimum atomic E-state index is -0.342. The Hall–Kier alpha value is -1.46. The summed E-state index contributed by atoms with van der Waals surface area (Å²) >= 11 is 0. The monoisotopic (exact) mass is 254 g/mol. The van der Waals surface area contributed by atoms with Gasteiger partial charge in [0.15, 0.2) is 0 Å². The van der Waals surface area contributed by atoms with E-state index in [2.05, 4.69) is 5.32 Å². The molecule has 0 aliphatic rings. The number of likely N-dealkylation sites (N-methyl/N-ethyl adjacent to an activating group) is 1. The summed E-state index contributed by atoms with van der Waals surface area (Å²) in [6.45, 7) is 3.75. The SMILES string of the molecule is CCN(C(=O)CNCCOC)c1cccc(F)c1. The third-order valence-corrected chi connectivity index (χ3v) is 2.50. The molecule has 0 fully saturated rings. The number of hydrogen-bond acceptors (Lipinski definition) is 3. The Labute approximate surface area is 107 Å². The van der Waals surface area contributed by atoms with Crippen LogP contribution < -0.4 is 10.2 Å². The number of halogens is 1. The van der Waals surface area contributed by atoms with Crippen molar-refractivity contribution in [2.45, 2.75) is 6.92 Å². The van der Waals surface area contributed by atoms with E-state index >= 15 is 0 Å². The van der Waals surface area contributed by atoms with Crippen LogP contribution in [0.3, 0.4) is 0 Å². The number of carbonyl (C=O) groups is 1. The van der Waals surface area contributed by atoms with E-state index in [0.717, 1.165) is 0 Å². The summed E-state index contributed by atoms with van der Waals surface area (Å²) in [5.74, 6) is -0.426. The highest BCUT2D eigenvalue weighted by atomic mass is 19.1. The van der Waals surface area contributed by atoms with E-state index in [4.69, 9.17) is 4.74 Å². The highest BCUT2D eigenvalue weighted by Gasteiger charge is 2.13. The quantitative estimate of drug-likeness (QED) is 0.748. The van der Waals surface area contributed by atoms with Gasteiger partial charge in [-0.25, -0.2) is 4.39 Å². The van der Waals surface area contributed by atoms with Crippen molar-refractivity contribution in [3.63, 3.8) is 0 Å². The fourth-order valence-electron chi connectivity index (χ4n) is 1.61. The number of nitrogens with one attached hydrogen (secondary N) is 1. The molecular weight excluding hydrogens is 235 g/mol. The Kier molecular flexibility index (Phi) is 6.32. The van der Waals surface area contributed by atoms with Crippen molar-refractivity contribution in [2.24, 2.45) is 0 Å². The summed E-state index contributed by atoms with van der Waals surface area (Å²) in [6.07, 6.45) is 0. The Morgan fingerprint density at radius 1 is 1.50 bits per heavy atom. The van der Waals surface area contributed by atoms with Crippen molar-refractivity contribution >= 4 is 11.6 Å². The fourth-order valence-corrected chi connectivity index (χ4v) is 1.61. The number of ether oxygens (including phenoxy) is 1. The summed E-state index contributed by atoms with van der Waals surface area (Å²) in [5.41, 5.74) is 0.580. The van der Waals surface area contributed by atoms with Crippen LogP contribution in [0.1, 0.15) is 6.92 Å². The normalized spacial score (nSPS) is 10.4. The highest BCUT2D eigenvalue weighted by Crippen LogP contribution is 2.15. The fraction of sp³-hybridized carbons (Fsp3) is 0.462. The van der Waals surface area contributed by atoms with Crippen molar-refractivity contribution in [1.29, 1.82) is 0 Å². The number of hydrogen-bond donors (Lipinski definition) is 1. The van der Waals surface area contributed by atoms with Crippen LogP contribution in [0, 0.1) is 5.82 Å². The standard InChI is InChI=1S/C13H19FN2O2/c1-3-16(12-6-4-5-11(14)9-12)13(17)10-15-7-8-18-2/h4-6,9,15H,3,7-8,10H2,1-2H3. The summed E-state index contributed by atoms with van der Waals surface area (Å²) in [4.78, 5) is 13.5. The van der Waals surface area contributed by atoms with Crippen LogP contribution >= 0.6 is 0 Å². The molecule has 0 aliphatic carbocycles. The van der Waals surface area contributed by atoms with Gasteiger partial charge >= 0.3 is 0 Å². The number of anilines is 1. The van der Waals surface area contributed by atoms with Crippen molar-refractivity contribution in [1.82, 2.24) is 5.32 Å². The van der Waals surface area contributed by atoms with Crippen molar-refractivity contribution in [3.8, 4) is 0 Å². The second-order valence-electron chi connectivity index (χ2n) is 3.79. The van der Waals surface area contributed by atoms with Gasteiger partial charge < -0.3 is 15.0 Å². The van der Waals surface area contributed by atoms with Crippen LogP contribution in [0.4, 0.5) is 10.1 Å². The molecule has 0 aromatic heterocycles. The van der Waals surface area contributed by atoms with E-state index in [0.29, 0.717) is 25.4 Å². The molecule has 1 amide bonds. The zero-order valence-corrected chi connectivity index (χ0v) is 10.8. The van der Waals surface area contributed by atoms with Gasteiger partial charge in [0.25, 0.3) is 0 Å². The van der Waals surface area contributed by atoms with Crippen LogP contribution in [0.25, 0.3) is 0 Å². The molecule has 0 atom stereocenters. The third-order valence-electron chi connectivity index (χ3n) is 2.50. The van der Waals surface area contributed by atoms with Gasteiger partial charge in [0.1, 0.15) is 5.82 Å². The second kappa shape index (κ2) is 7.79. The number of nitrogens with zero attached hydrogens (tertiary/aromatic N) is 1. The zero-order chi connectivity index (χ0) is 13.4. The predicted octanol–water partition coefficient (Wildman–Crippen LogP) is 1.41. The smallest absolute Gasteiger partial charge is 0.240 e. The van der Waals surface area contributed by atoms with E-state index in [1.165, 1.54) is 12.1 Å². The second-order valence-corrected chi connectivity index (χ2v) is 3.79. The van der Waals surface area contributed by atoms with E-state index in [-0.39, 0.29) is 18.3 Å². The molecule has 0 aliphatic heterocycles. The van der Waals surface area contributed by atoms with Crippen LogP contribution in [0.5, 0.6) is 0 Å². The topological polar surface area (TPSA) is 41.6 Å². The zero-order valence-electron chi connectivity index (χ0n) is 10.8. The largest absolute Gasteiger partial charge is 0.383 e. The van der Waals surface area contributed by atoms with Gasteiger partial charge in [-0.15, -0.1) is 0 Å². The first-order chi connectivity index (χ1) is 8.69. The van der Waals surface area contributed by atoms with Crippen molar-refractivity contribution in [2.75, 3.05) is 38.3 Å². The summed E-state index contributed by atoms with van der Waals surface area (Å²) < 4.78 is 18.0. The Bertz CT molecular complexity index is 385. The van der Waals surface area contributed by atoms with E-state index in [1.54, 1.807) is 24.1 Å². The molecule has 0 radical (unpaired) electrons. The lowest BCUT2D eigenvalue weighted by Gasteiger charge is -2.21. The molecule has 1 rings (SSSR count). The lowest BCUT2D eigenvalue weighted by Crippen LogP contribution is -2.39. The molecule has 0 bridgehead atoms. The lowest BCUT2D eigenvalue weighted by atomic mass is 10.2. The molecule has 0 saturated carbocycles. The molecule has 1 aromatic carbocycles. The van der Waals surface area contributed by atoms with Gasteiger partial charge in [-0.1, -0.05) is 6.07 Å². The van der Waals surface area contributed by atoms with Gasteiger partial charge in [0.2, 0.25) is 5.91 Å². The average Bonchev–Trinajstić information content (AvgIpc) is 2.36. The molecular formula is C13H19FN2O2. The number of benzene rings is 1. The number of amides is 1. The Balaban J connectivity index is 2.57. The van der Waals surface area contributed by atoms with E-state index < -0.39 is 0 Å². The Morgan fingerprint density at radius 2 is 2.28 bits per heavy atom. The van der Waals surface area contributed by atoms with Crippen LogP contribution in [0.15, 0.2) is 24.3 Å². The minimum Gasteiger partial charge on any atom is -0.383 e. The summed E-state index contributed by atoms with van der Waals surface area (Å²) in [7, 11) is 1.61. The van der Waals surface area contributed by atoms with Gasteiger partial charge in [-0.2, -0.15) is 0 Å². The molecule has 18 heavy (non-hydrogen) atoms.